The molecule has 6 rings (SSSR count). The van der Waals surface area contributed by atoms with Crippen LogP contribution in [0.25, 0.3) is 0 Å². The predicted octanol–water partition coefficient (Wildman–Crippen LogP) is 4.66. The first-order valence-corrected chi connectivity index (χ1v) is 16.0. The zero-order valence-corrected chi connectivity index (χ0v) is 25.8. The summed E-state index contributed by atoms with van der Waals surface area (Å²) in [5.74, 6) is -4.21. The molecule has 3 saturated carbocycles. The van der Waals surface area contributed by atoms with E-state index in [4.69, 9.17) is 21.7 Å². The van der Waals surface area contributed by atoms with Crippen LogP contribution in [0.3, 0.4) is 0 Å². The highest BCUT2D eigenvalue weighted by atomic mass is 32.2. The number of thioether (sulfide) groups is 1. The maximum Gasteiger partial charge on any atom is 0.340 e. The van der Waals surface area contributed by atoms with Crippen LogP contribution in [-0.2, 0) is 28.7 Å². The summed E-state index contributed by atoms with van der Waals surface area (Å²) in [7, 11) is 0. The quantitative estimate of drug-likeness (QED) is 0.350. The molecule has 6 aliphatic rings. The summed E-state index contributed by atoms with van der Waals surface area (Å²) in [6.07, 6.45) is 5.64. The van der Waals surface area contributed by atoms with E-state index in [1.165, 1.54) is 25.2 Å². The van der Waals surface area contributed by atoms with Crippen molar-refractivity contribution in [1.82, 2.24) is 0 Å². The van der Waals surface area contributed by atoms with Gasteiger partial charge in [-0.15, -0.1) is 0 Å². The normalized spacial score (nSPS) is 45.0. The van der Waals surface area contributed by atoms with Gasteiger partial charge in [0, 0.05) is 40.4 Å². The van der Waals surface area contributed by atoms with E-state index in [0.717, 1.165) is 17.8 Å². The molecular formula is C32H34F2O7S2. The Labute approximate surface area is 258 Å². The lowest BCUT2D eigenvalue weighted by Gasteiger charge is -2.63. The Hall–Kier alpha value is -2.50. The van der Waals surface area contributed by atoms with Crippen LogP contribution in [0, 0.1) is 28.6 Å². The van der Waals surface area contributed by atoms with Gasteiger partial charge in [-0.3, -0.25) is 14.4 Å². The van der Waals surface area contributed by atoms with Gasteiger partial charge >= 0.3 is 11.9 Å². The molecular weight excluding hydrogens is 598 g/mol. The van der Waals surface area contributed by atoms with Crippen molar-refractivity contribution in [2.45, 2.75) is 81.7 Å². The van der Waals surface area contributed by atoms with Gasteiger partial charge in [0.05, 0.1) is 18.3 Å². The van der Waals surface area contributed by atoms with Crippen LogP contribution in [0.1, 0.15) is 52.9 Å². The number of ether oxygens (including phenoxy) is 2. The summed E-state index contributed by atoms with van der Waals surface area (Å²) in [4.78, 5) is 53.2. The van der Waals surface area contributed by atoms with Crippen LogP contribution >= 0.6 is 24.0 Å². The number of aliphatic hydroxyl groups is 1. The number of thiocarbonyl (C=S) groups is 1. The predicted molar refractivity (Wildman–Crippen MR) is 158 cm³/mol. The van der Waals surface area contributed by atoms with Crippen LogP contribution in [0.2, 0.25) is 0 Å². The molecule has 0 radical (unpaired) electrons. The van der Waals surface area contributed by atoms with E-state index in [9.17, 15) is 24.3 Å². The Morgan fingerprint density at radius 2 is 1.95 bits per heavy atom. The summed E-state index contributed by atoms with van der Waals surface area (Å²) >= 11 is 6.15. The smallest absolute Gasteiger partial charge is 0.340 e. The molecule has 0 aromatic carbocycles. The number of fused-ring (bicyclic) bond motifs is 5. The molecule has 4 fully saturated rings. The third-order valence-corrected chi connectivity index (χ3v) is 12.7. The number of carbonyl (C=O) groups is 4. The van der Waals surface area contributed by atoms with Crippen molar-refractivity contribution in [3.63, 3.8) is 0 Å². The fourth-order valence-electron chi connectivity index (χ4n) is 8.94. The third kappa shape index (κ3) is 4.09. The van der Waals surface area contributed by atoms with Crippen molar-refractivity contribution in [3.05, 3.63) is 47.6 Å². The second-order valence-corrected chi connectivity index (χ2v) is 14.8. The van der Waals surface area contributed by atoms with Gasteiger partial charge < -0.3 is 14.6 Å². The van der Waals surface area contributed by atoms with E-state index in [0.29, 0.717) is 17.7 Å². The standard InChI is InChI=1S/C32H34F2O7S2/c1-16-12-19-20-14-22(33)21-13-17(35)8-10-29(21,2)31(20,34)25(36)15-30(19,3)32(16,28(39)43-24-9-11-40-27(24)38)41-26(37)18-6-4-5-7-23(18)42/h4-6,8,10,13,16,19-20,22,24-25,36H,7,9,11-12,14-15H2,1-3H3/t16-,19+,20+,22+,24+,25+,29+,30+,31+,32+/m1/s1. The van der Waals surface area contributed by atoms with Crippen molar-refractivity contribution in [2.75, 3.05) is 6.61 Å². The Kier molecular flexibility index (Phi) is 7.29. The van der Waals surface area contributed by atoms with Crippen molar-refractivity contribution in [3.8, 4) is 0 Å². The number of esters is 2. The average Bonchev–Trinajstić information content (AvgIpc) is 3.45. The fourth-order valence-corrected chi connectivity index (χ4v) is 10.5. The van der Waals surface area contributed by atoms with E-state index >= 15 is 8.78 Å². The van der Waals surface area contributed by atoms with Crippen LogP contribution in [0.5, 0.6) is 0 Å². The Balaban J connectivity index is 1.46. The van der Waals surface area contributed by atoms with Crippen molar-refractivity contribution < 1.29 is 42.5 Å². The minimum absolute atomic E-state index is 0.00215. The first-order chi connectivity index (χ1) is 20.2. The van der Waals surface area contributed by atoms with E-state index in [1.54, 1.807) is 26.0 Å². The molecule has 1 heterocycles. The number of aliphatic hydroxyl groups excluding tert-OH is 1. The molecule has 230 valence electrons. The largest absolute Gasteiger partial charge is 0.465 e. The van der Waals surface area contributed by atoms with Crippen molar-refractivity contribution in [1.29, 1.82) is 0 Å². The lowest BCUT2D eigenvalue weighted by molar-refractivity contribution is -0.227. The number of ketones is 1. The molecule has 7 nitrogen and oxygen atoms in total. The zero-order chi connectivity index (χ0) is 31.1. The monoisotopic (exact) mass is 632 g/mol. The van der Waals surface area contributed by atoms with Gasteiger partial charge in [0.2, 0.25) is 5.12 Å². The summed E-state index contributed by atoms with van der Waals surface area (Å²) < 4.78 is 45.0. The number of hydrogen-bond donors (Lipinski definition) is 1. The van der Waals surface area contributed by atoms with Crippen molar-refractivity contribution >= 4 is 51.7 Å². The number of halogens is 2. The summed E-state index contributed by atoms with van der Waals surface area (Å²) in [5.41, 5.74) is -7.02. The molecule has 1 N–H and O–H groups in total. The number of hydrogen-bond acceptors (Lipinski definition) is 9. The van der Waals surface area contributed by atoms with Crippen LogP contribution in [0.15, 0.2) is 47.6 Å². The highest BCUT2D eigenvalue weighted by molar-refractivity contribution is 8.14. The molecule has 0 spiro atoms. The van der Waals surface area contributed by atoms with Gasteiger partial charge in [-0.05, 0) is 55.9 Å². The molecule has 43 heavy (non-hydrogen) atoms. The molecule has 1 saturated heterocycles. The molecule has 0 aromatic heterocycles. The van der Waals surface area contributed by atoms with E-state index in [1.807, 2.05) is 0 Å². The second-order valence-electron chi connectivity index (χ2n) is 13.1. The first-order valence-electron chi connectivity index (χ1n) is 14.7. The van der Waals surface area contributed by atoms with Crippen molar-refractivity contribution in [2.24, 2.45) is 28.6 Å². The van der Waals surface area contributed by atoms with Gasteiger partial charge in [0.25, 0.3) is 0 Å². The van der Waals surface area contributed by atoms with Gasteiger partial charge in [-0.2, -0.15) is 0 Å². The van der Waals surface area contributed by atoms with E-state index < -0.39 is 80.2 Å². The average molecular weight is 633 g/mol. The topological polar surface area (TPSA) is 107 Å². The molecule has 0 aromatic rings. The molecule has 0 unspecified atom stereocenters. The van der Waals surface area contributed by atoms with Crippen LogP contribution in [-0.4, -0.2) is 68.2 Å². The van der Waals surface area contributed by atoms with Crippen LogP contribution in [0.4, 0.5) is 8.78 Å². The number of alkyl halides is 2. The molecule has 10 atom stereocenters. The highest BCUT2D eigenvalue weighted by Gasteiger charge is 2.78. The number of allylic oxidation sites excluding steroid dienone is 7. The summed E-state index contributed by atoms with van der Waals surface area (Å²) in [5, 5.41) is 10.4. The summed E-state index contributed by atoms with van der Waals surface area (Å²) in [6.45, 7) is 5.11. The zero-order valence-electron chi connectivity index (χ0n) is 24.1. The Morgan fingerprint density at radius 3 is 2.63 bits per heavy atom. The minimum atomic E-state index is -2.35. The number of rotatable bonds is 4. The molecule has 11 heteroatoms. The maximum absolute atomic E-state index is 17.7. The molecule has 0 bridgehead atoms. The number of cyclic esters (lactones) is 1. The van der Waals surface area contributed by atoms with Gasteiger partial charge in [-0.25, -0.2) is 13.6 Å². The van der Waals surface area contributed by atoms with Gasteiger partial charge in [0.1, 0.15) is 11.4 Å². The van der Waals surface area contributed by atoms with Gasteiger partial charge in [-0.1, -0.05) is 56.1 Å². The summed E-state index contributed by atoms with van der Waals surface area (Å²) in [6, 6.07) is 0. The lowest BCUT2D eigenvalue weighted by atomic mass is 9.44. The molecule has 0 amide bonds. The maximum atomic E-state index is 17.7. The highest BCUT2D eigenvalue weighted by Crippen LogP contribution is 2.72. The van der Waals surface area contributed by atoms with Crippen LogP contribution < -0.4 is 0 Å². The Bertz CT molecular complexity index is 1450. The van der Waals surface area contributed by atoms with E-state index in [2.05, 4.69) is 0 Å². The number of carbonyl (C=O) groups excluding carboxylic acids is 4. The second kappa shape index (κ2) is 10.3. The van der Waals surface area contributed by atoms with E-state index in [-0.39, 0.29) is 37.0 Å². The molecule has 1 aliphatic heterocycles. The SMILES string of the molecule is C[C@@H]1C[C@H]2[C@@H]3C[C@H](F)C4=CC(=O)C=C[C@]4(C)[C@@]3(F)[C@@H](O)C[C@]2(C)[C@@]1(OC(=O)C1=CC=CCC1=S)C(=O)S[C@H]1CCOC1=O. The minimum Gasteiger partial charge on any atom is -0.465 e. The first kappa shape index (κ1) is 30.5. The molecule has 5 aliphatic carbocycles. The lowest BCUT2D eigenvalue weighted by Crippen LogP contribution is -2.70. The van der Waals surface area contributed by atoms with Gasteiger partial charge in [0.15, 0.2) is 17.1 Å². The fraction of sp³-hybridized carbons (Fsp3) is 0.594. The third-order valence-electron chi connectivity index (χ3n) is 11.1. The Morgan fingerprint density at radius 1 is 1.21 bits per heavy atom.